The highest BCUT2D eigenvalue weighted by molar-refractivity contribution is 6.30. The molecule has 0 aromatic heterocycles. The molecule has 156 valence electrons. The lowest BCUT2D eigenvalue weighted by molar-refractivity contribution is -0.142. The van der Waals surface area contributed by atoms with Crippen LogP contribution in [-0.4, -0.2) is 35.9 Å². The molecule has 0 saturated carbocycles. The molecule has 2 amide bonds. The van der Waals surface area contributed by atoms with Crippen LogP contribution in [0.2, 0.25) is 5.02 Å². The number of ether oxygens (including phenoxy) is 1. The van der Waals surface area contributed by atoms with E-state index >= 15 is 0 Å². The number of nitrogens with zero attached hydrogens (tertiary/aromatic N) is 1. The third-order valence-corrected chi connectivity index (χ3v) is 4.75. The number of aryl methyl sites for hydroxylation is 1. The maximum absolute atomic E-state index is 12.9. The smallest absolute Gasteiger partial charge is 0.261 e. The Labute approximate surface area is 178 Å². The van der Waals surface area contributed by atoms with Crippen molar-refractivity contribution in [1.82, 2.24) is 10.2 Å². The largest absolute Gasteiger partial charge is 0.484 e. The molecule has 0 radical (unpaired) electrons. The highest BCUT2D eigenvalue weighted by atomic mass is 35.5. The normalized spacial score (nSPS) is 11.8. The van der Waals surface area contributed by atoms with Gasteiger partial charge in [0.15, 0.2) is 6.61 Å². The first kappa shape index (κ1) is 22.8. The van der Waals surface area contributed by atoms with Gasteiger partial charge in [0.1, 0.15) is 11.8 Å². The molecule has 0 saturated heterocycles. The van der Waals surface area contributed by atoms with Crippen molar-refractivity contribution in [2.24, 2.45) is 5.92 Å². The second-order valence-electron chi connectivity index (χ2n) is 7.56. The van der Waals surface area contributed by atoms with Crippen molar-refractivity contribution in [3.63, 3.8) is 0 Å². The fourth-order valence-electron chi connectivity index (χ4n) is 2.68. The van der Waals surface area contributed by atoms with Crippen molar-refractivity contribution >= 4 is 23.4 Å². The van der Waals surface area contributed by atoms with Crippen molar-refractivity contribution in [3.05, 3.63) is 64.7 Å². The van der Waals surface area contributed by atoms with Gasteiger partial charge in [-0.25, -0.2) is 0 Å². The van der Waals surface area contributed by atoms with E-state index in [1.54, 1.807) is 36.1 Å². The third kappa shape index (κ3) is 7.42. The molecule has 0 unspecified atom stereocenters. The molecule has 0 aliphatic rings. The summed E-state index contributed by atoms with van der Waals surface area (Å²) in [6.45, 7) is 8.55. The number of nitrogens with one attached hydrogen (secondary N) is 1. The summed E-state index contributed by atoms with van der Waals surface area (Å²) in [6, 6.07) is 14.1. The lowest BCUT2D eigenvalue weighted by atomic mass is 10.1. The molecule has 1 atom stereocenters. The summed E-state index contributed by atoms with van der Waals surface area (Å²) in [5, 5.41) is 3.50. The van der Waals surface area contributed by atoms with Crippen LogP contribution < -0.4 is 10.1 Å². The Morgan fingerprint density at radius 1 is 1.03 bits per heavy atom. The molecule has 6 heteroatoms. The topological polar surface area (TPSA) is 58.6 Å². The summed E-state index contributed by atoms with van der Waals surface area (Å²) in [5.41, 5.74) is 2.10. The lowest BCUT2D eigenvalue weighted by Gasteiger charge is -2.29. The Morgan fingerprint density at radius 3 is 2.24 bits per heavy atom. The van der Waals surface area contributed by atoms with Gasteiger partial charge in [0.05, 0.1) is 0 Å². The van der Waals surface area contributed by atoms with Crippen LogP contribution in [0.3, 0.4) is 0 Å². The number of benzene rings is 2. The van der Waals surface area contributed by atoms with Crippen molar-refractivity contribution in [3.8, 4) is 5.75 Å². The Morgan fingerprint density at radius 2 is 1.66 bits per heavy atom. The number of carbonyl (C=O) groups is 2. The van der Waals surface area contributed by atoms with Crippen molar-refractivity contribution < 1.29 is 14.3 Å². The van der Waals surface area contributed by atoms with Crippen LogP contribution in [-0.2, 0) is 16.1 Å². The molecule has 2 aromatic rings. The SMILES string of the molecule is Cc1ccc(CN(C(=O)COc2ccc(Cl)cc2)[C@H](C)C(=O)NCC(C)C)cc1. The van der Waals surface area contributed by atoms with Crippen LogP contribution in [0, 0.1) is 12.8 Å². The highest BCUT2D eigenvalue weighted by Crippen LogP contribution is 2.16. The average molecular weight is 417 g/mol. The van der Waals surface area contributed by atoms with E-state index < -0.39 is 6.04 Å². The maximum Gasteiger partial charge on any atom is 0.261 e. The van der Waals surface area contributed by atoms with Crippen LogP contribution in [0.15, 0.2) is 48.5 Å². The van der Waals surface area contributed by atoms with Crippen LogP contribution in [0.4, 0.5) is 0 Å². The van der Waals surface area contributed by atoms with Crippen LogP contribution in [0.25, 0.3) is 0 Å². The van der Waals surface area contributed by atoms with Gasteiger partial charge in [0.25, 0.3) is 5.91 Å². The van der Waals surface area contributed by atoms with E-state index in [2.05, 4.69) is 5.32 Å². The van der Waals surface area contributed by atoms with Gasteiger partial charge in [0, 0.05) is 18.1 Å². The number of carbonyl (C=O) groups excluding carboxylic acids is 2. The molecule has 1 N–H and O–H groups in total. The Kier molecular flexibility index (Phi) is 8.52. The first-order valence-electron chi connectivity index (χ1n) is 9.77. The Bertz CT molecular complexity index is 804. The standard InChI is InChI=1S/C23H29ClN2O3/c1-16(2)13-25-23(28)18(4)26(14-19-7-5-17(3)6-8-19)22(27)15-29-21-11-9-20(24)10-12-21/h5-12,16,18H,13-15H2,1-4H3,(H,25,28)/t18-/m1/s1. The van der Waals surface area contributed by atoms with Crippen LogP contribution in [0.5, 0.6) is 5.75 Å². The molecule has 0 heterocycles. The number of rotatable bonds is 9. The van der Waals surface area contributed by atoms with Gasteiger partial charge >= 0.3 is 0 Å². The number of amides is 2. The van der Waals surface area contributed by atoms with Gasteiger partial charge in [-0.1, -0.05) is 55.3 Å². The first-order valence-corrected chi connectivity index (χ1v) is 10.1. The summed E-state index contributed by atoms with van der Waals surface area (Å²) in [4.78, 5) is 27.1. The quantitative estimate of drug-likeness (QED) is 0.665. The second kappa shape index (κ2) is 10.9. The molecule has 2 rings (SSSR count). The second-order valence-corrected chi connectivity index (χ2v) is 8.00. The minimum atomic E-state index is -0.614. The molecule has 0 bridgehead atoms. The average Bonchev–Trinajstić information content (AvgIpc) is 2.70. The first-order chi connectivity index (χ1) is 13.8. The van der Waals surface area contributed by atoms with E-state index in [4.69, 9.17) is 16.3 Å². The Hall–Kier alpha value is -2.53. The minimum absolute atomic E-state index is 0.157. The zero-order valence-corrected chi connectivity index (χ0v) is 18.2. The molecule has 0 aliphatic heterocycles. The van der Waals surface area contributed by atoms with E-state index in [0.29, 0.717) is 29.8 Å². The predicted octanol–water partition coefficient (Wildman–Crippen LogP) is 4.22. The minimum Gasteiger partial charge on any atom is -0.484 e. The van der Waals surface area contributed by atoms with Gasteiger partial charge in [-0.3, -0.25) is 9.59 Å². The summed E-state index contributed by atoms with van der Waals surface area (Å²) in [7, 11) is 0. The molecule has 2 aromatic carbocycles. The molecule has 0 fully saturated rings. The summed E-state index contributed by atoms with van der Waals surface area (Å²) < 4.78 is 5.61. The zero-order chi connectivity index (χ0) is 21.4. The van der Waals surface area contributed by atoms with Crippen LogP contribution >= 0.6 is 11.6 Å². The van der Waals surface area contributed by atoms with Gasteiger partial charge in [-0.2, -0.15) is 0 Å². The van der Waals surface area contributed by atoms with Crippen molar-refractivity contribution in [2.45, 2.75) is 40.3 Å². The van der Waals surface area contributed by atoms with Gasteiger partial charge in [-0.15, -0.1) is 0 Å². The maximum atomic E-state index is 12.9. The summed E-state index contributed by atoms with van der Waals surface area (Å²) >= 11 is 5.88. The van der Waals surface area contributed by atoms with E-state index in [1.807, 2.05) is 45.0 Å². The van der Waals surface area contributed by atoms with E-state index in [9.17, 15) is 9.59 Å². The number of hydrogen-bond acceptors (Lipinski definition) is 3. The van der Waals surface area contributed by atoms with Crippen molar-refractivity contribution in [2.75, 3.05) is 13.2 Å². The summed E-state index contributed by atoms with van der Waals surface area (Å²) in [6.07, 6.45) is 0. The van der Waals surface area contributed by atoms with Gasteiger partial charge < -0.3 is 15.0 Å². The summed E-state index contributed by atoms with van der Waals surface area (Å²) in [5.74, 6) is 0.453. The highest BCUT2D eigenvalue weighted by Gasteiger charge is 2.26. The fourth-order valence-corrected chi connectivity index (χ4v) is 2.81. The third-order valence-electron chi connectivity index (χ3n) is 4.50. The molecular formula is C23H29ClN2O3. The molecule has 5 nitrogen and oxygen atoms in total. The molecule has 0 spiro atoms. The fraction of sp³-hybridized carbons (Fsp3) is 0.391. The van der Waals surface area contributed by atoms with E-state index in [1.165, 1.54) is 0 Å². The van der Waals surface area contributed by atoms with Crippen molar-refractivity contribution in [1.29, 1.82) is 0 Å². The number of hydrogen-bond donors (Lipinski definition) is 1. The lowest BCUT2D eigenvalue weighted by Crippen LogP contribution is -2.49. The predicted molar refractivity (Wildman–Crippen MR) is 116 cm³/mol. The monoisotopic (exact) mass is 416 g/mol. The molecule has 0 aliphatic carbocycles. The van der Waals surface area contributed by atoms with Crippen LogP contribution in [0.1, 0.15) is 31.9 Å². The van der Waals surface area contributed by atoms with E-state index in [0.717, 1.165) is 11.1 Å². The Balaban J connectivity index is 2.10. The molecular weight excluding hydrogens is 388 g/mol. The number of halogens is 1. The van der Waals surface area contributed by atoms with E-state index in [-0.39, 0.29) is 18.4 Å². The van der Waals surface area contributed by atoms with Gasteiger partial charge in [-0.05, 0) is 49.6 Å². The molecule has 29 heavy (non-hydrogen) atoms. The van der Waals surface area contributed by atoms with Gasteiger partial charge in [0.2, 0.25) is 5.91 Å². The zero-order valence-electron chi connectivity index (χ0n) is 17.4.